The number of anilines is 1. The van der Waals surface area contributed by atoms with Crippen LogP contribution >= 0.6 is 0 Å². The highest BCUT2D eigenvalue weighted by atomic mass is 32.2. The molecule has 1 aromatic heterocycles. The predicted octanol–water partition coefficient (Wildman–Crippen LogP) is -0.968. The molecule has 0 saturated carbocycles. The zero-order valence-corrected chi connectivity index (χ0v) is 8.99. The fourth-order valence-electron chi connectivity index (χ4n) is 1.37. The fourth-order valence-corrected chi connectivity index (χ4v) is 2.60. The Morgan fingerprint density at radius 3 is 2.88 bits per heavy atom. The van der Waals surface area contributed by atoms with Crippen molar-refractivity contribution in [1.29, 1.82) is 0 Å². The second-order valence-corrected chi connectivity index (χ2v) is 5.38. The van der Waals surface area contributed by atoms with Crippen LogP contribution in [0, 0.1) is 0 Å². The molecule has 1 amide bonds. The number of nitrogens with one attached hydrogen (secondary N) is 2. The number of nitrogen functional groups attached to an aromatic ring is 1. The lowest BCUT2D eigenvalue weighted by Gasteiger charge is -2.07. The molecule has 0 aromatic carbocycles. The van der Waals surface area contributed by atoms with Gasteiger partial charge in [-0.3, -0.25) is 9.89 Å². The molecule has 0 radical (unpaired) electrons. The van der Waals surface area contributed by atoms with Crippen molar-refractivity contribution < 1.29 is 13.2 Å². The van der Waals surface area contributed by atoms with E-state index in [0.29, 0.717) is 0 Å². The van der Waals surface area contributed by atoms with Crippen molar-refractivity contribution in [2.45, 2.75) is 6.04 Å². The summed E-state index contributed by atoms with van der Waals surface area (Å²) in [5.41, 5.74) is 5.54. The van der Waals surface area contributed by atoms with E-state index in [4.69, 9.17) is 5.73 Å². The van der Waals surface area contributed by atoms with Crippen molar-refractivity contribution in [2.75, 3.05) is 11.5 Å². The standard InChI is InChI=1S/C8H10N4O3S/c9-7-3-6(11-12-7)8(13)10-5-1-2-16(14,15)4-5/h1-3,5H,4H2,(H,10,13)(H3,9,11,12). The Morgan fingerprint density at radius 1 is 1.62 bits per heavy atom. The Kier molecular flexibility index (Phi) is 2.43. The zero-order valence-electron chi connectivity index (χ0n) is 8.17. The van der Waals surface area contributed by atoms with Gasteiger partial charge in [0, 0.05) is 11.5 Å². The summed E-state index contributed by atoms with van der Waals surface area (Å²) >= 11 is 0. The van der Waals surface area contributed by atoms with Crippen LogP contribution in [0.4, 0.5) is 5.82 Å². The molecule has 1 aromatic rings. The molecular weight excluding hydrogens is 232 g/mol. The van der Waals surface area contributed by atoms with Crippen LogP contribution in [0.5, 0.6) is 0 Å². The first-order valence-electron chi connectivity index (χ1n) is 4.49. The van der Waals surface area contributed by atoms with Crippen LogP contribution in [0.15, 0.2) is 17.6 Å². The number of H-pyrrole nitrogens is 1. The third-order valence-corrected chi connectivity index (χ3v) is 3.48. The van der Waals surface area contributed by atoms with E-state index in [-0.39, 0.29) is 17.3 Å². The quantitative estimate of drug-likeness (QED) is 0.616. The number of hydrogen-bond acceptors (Lipinski definition) is 5. The van der Waals surface area contributed by atoms with Gasteiger partial charge in [0.25, 0.3) is 5.91 Å². The fraction of sp³-hybridized carbons (Fsp3) is 0.250. The molecule has 0 aliphatic carbocycles. The van der Waals surface area contributed by atoms with Crippen LogP contribution in [-0.4, -0.2) is 36.3 Å². The molecule has 1 aliphatic rings. The van der Waals surface area contributed by atoms with Crippen molar-refractivity contribution in [3.8, 4) is 0 Å². The number of aromatic nitrogens is 2. The molecule has 8 heteroatoms. The average molecular weight is 242 g/mol. The largest absolute Gasteiger partial charge is 0.382 e. The Bertz CT molecular complexity index is 545. The van der Waals surface area contributed by atoms with E-state index < -0.39 is 21.8 Å². The lowest BCUT2D eigenvalue weighted by Crippen LogP contribution is -2.35. The van der Waals surface area contributed by atoms with E-state index in [1.807, 2.05) is 0 Å². The molecule has 2 rings (SSSR count). The van der Waals surface area contributed by atoms with Gasteiger partial charge in [0.1, 0.15) is 11.5 Å². The van der Waals surface area contributed by atoms with Crippen molar-refractivity contribution >= 4 is 21.6 Å². The normalized spacial score (nSPS) is 22.1. The summed E-state index contributed by atoms with van der Waals surface area (Å²) in [5.74, 6) is -0.335. The van der Waals surface area contributed by atoms with E-state index in [1.54, 1.807) is 0 Å². The Hall–Kier alpha value is -1.83. The highest BCUT2D eigenvalue weighted by Crippen LogP contribution is 2.09. The molecule has 0 bridgehead atoms. The minimum absolute atomic E-state index is 0.109. The molecule has 0 saturated heterocycles. The van der Waals surface area contributed by atoms with Crippen LogP contribution in [0.2, 0.25) is 0 Å². The van der Waals surface area contributed by atoms with Crippen LogP contribution in [0.25, 0.3) is 0 Å². The number of rotatable bonds is 2. The molecule has 16 heavy (non-hydrogen) atoms. The summed E-state index contributed by atoms with van der Waals surface area (Å²) in [6, 6.07) is 0.879. The number of hydrogen-bond donors (Lipinski definition) is 3. The zero-order chi connectivity index (χ0) is 11.8. The van der Waals surface area contributed by atoms with Gasteiger partial charge in [-0.05, 0) is 6.08 Å². The number of nitrogens with zero attached hydrogens (tertiary/aromatic N) is 1. The number of amides is 1. The molecule has 2 heterocycles. The third kappa shape index (κ3) is 2.22. The van der Waals surface area contributed by atoms with Gasteiger partial charge in [0.2, 0.25) is 0 Å². The van der Waals surface area contributed by atoms with Gasteiger partial charge in [-0.2, -0.15) is 5.10 Å². The summed E-state index contributed by atoms with van der Waals surface area (Å²) < 4.78 is 22.2. The van der Waals surface area contributed by atoms with E-state index in [1.165, 1.54) is 12.1 Å². The molecule has 4 N–H and O–H groups in total. The van der Waals surface area contributed by atoms with Gasteiger partial charge in [0.05, 0.1) is 11.8 Å². The average Bonchev–Trinajstić information content (AvgIpc) is 2.73. The van der Waals surface area contributed by atoms with Crippen molar-refractivity contribution in [3.63, 3.8) is 0 Å². The first-order chi connectivity index (χ1) is 7.46. The van der Waals surface area contributed by atoms with E-state index in [2.05, 4.69) is 15.5 Å². The van der Waals surface area contributed by atoms with Gasteiger partial charge < -0.3 is 11.1 Å². The van der Waals surface area contributed by atoms with Crippen molar-refractivity contribution in [2.24, 2.45) is 0 Å². The smallest absolute Gasteiger partial charge is 0.269 e. The van der Waals surface area contributed by atoms with Gasteiger partial charge in [-0.15, -0.1) is 0 Å². The predicted molar refractivity (Wildman–Crippen MR) is 57.2 cm³/mol. The summed E-state index contributed by atoms with van der Waals surface area (Å²) in [4.78, 5) is 11.6. The lowest BCUT2D eigenvalue weighted by molar-refractivity contribution is 0.0942. The summed E-state index contributed by atoms with van der Waals surface area (Å²) in [6.07, 6.45) is 1.44. The van der Waals surface area contributed by atoms with Gasteiger partial charge in [0.15, 0.2) is 9.84 Å². The Balaban J connectivity index is 2.02. The van der Waals surface area contributed by atoms with E-state index in [9.17, 15) is 13.2 Å². The number of carbonyl (C=O) groups excluding carboxylic acids is 1. The maximum absolute atomic E-state index is 11.6. The highest BCUT2D eigenvalue weighted by Gasteiger charge is 2.23. The first kappa shape index (κ1) is 10.7. The number of sulfone groups is 1. The maximum Gasteiger partial charge on any atom is 0.269 e. The molecule has 7 nitrogen and oxygen atoms in total. The molecule has 1 atom stereocenters. The summed E-state index contributed by atoms with van der Waals surface area (Å²) in [7, 11) is -3.16. The third-order valence-electron chi connectivity index (χ3n) is 2.09. The van der Waals surface area contributed by atoms with Crippen LogP contribution < -0.4 is 11.1 Å². The lowest BCUT2D eigenvalue weighted by atomic mass is 10.3. The van der Waals surface area contributed by atoms with Gasteiger partial charge >= 0.3 is 0 Å². The second-order valence-electron chi connectivity index (χ2n) is 3.44. The van der Waals surface area contributed by atoms with E-state index in [0.717, 1.165) is 5.41 Å². The molecule has 1 unspecified atom stereocenters. The second kappa shape index (κ2) is 3.63. The molecule has 86 valence electrons. The Morgan fingerprint density at radius 2 is 2.38 bits per heavy atom. The maximum atomic E-state index is 11.6. The van der Waals surface area contributed by atoms with Crippen molar-refractivity contribution in [3.05, 3.63) is 23.2 Å². The van der Waals surface area contributed by atoms with Crippen LogP contribution in [0.1, 0.15) is 10.5 Å². The molecular formula is C8H10N4O3S. The topological polar surface area (TPSA) is 118 Å². The molecule has 0 fully saturated rings. The summed E-state index contributed by atoms with van der Waals surface area (Å²) in [6.45, 7) is 0. The first-order valence-corrected chi connectivity index (χ1v) is 6.20. The number of aromatic amines is 1. The number of carbonyl (C=O) groups is 1. The molecule has 0 spiro atoms. The Labute approximate surface area is 91.6 Å². The van der Waals surface area contributed by atoms with Crippen molar-refractivity contribution in [1.82, 2.24) is 15.5 Å². The number of nitrogens with two attached hydrogens (primary N) is 1. The minimum atomic E-state index is -3.16. The SMILES string of the molecule is Nc1cc(C(=O)NC2C=CS(=O)(=O)C2)[nH]n1. The van der Waals surface area contributed by atoms with Gasteiger partial charge in [-0.25, -0.2) is 8.42 Å². The molecule has 1 aliphatic heterocycles. The monoisotopic (exact) mass is 242 g/mol. The summed E-state index contributed by atoms with van der Waals surface area (Å²) in [5, 5.41) is 9.66. The highest BCUT2D eigenvalue weighted by molar-refractivity contribution is 7.94. The van der Waals surface area contributed by atoms with Crippen LogP contribution in [0.3, 0.4) is 0 Å². The van der Waals surface area contributed by atoms with E-state index >= 15 is 0 Å². The van der Waals surface area contributed by atoms with Gasteiger partial charge in [-0.1, -0.05) is 0 Å². The minimum Gasteiger partial charge on any atom is -0.382 e. The van der Waals surface area contributed by atoms with Crippen LogP contribution in [-0.2, 0) is 9.84 Å².